The van der Waals surface area contributed by atoms with Crippen molar-refractivity contribution in [2.75, 3.05) is 0 Å². The lowest BCUT2D eigenvalue weighted by Gasteiger charge is -2.06. The summed E-state index contributed by atoms with van der Waals surface area (Å²) in [5.41, 5.74) is 7.39. The summed E-state index contributed by atoms with van der Waals surface area (Å²) in [7, 11) is 0. The van der Waals surface area contributed by atoms with E-state index >= 15 is 0 Å². The number of aromatic nitrogens is 2. The number of hydrogen-bond acceptors (Lipinski definition) is 4. The lowest BCUT2D eigenvalue weighted by Crippen LogP contribution is -2.22. The molecule has 5 heteroatoms. The van der Waals surface area contributed by atoms with Gasteiger partial charge in [0.1, 0.15) is 12.4 Å². The first-order chi connectivity index (χ1) is 15.0. The van der Waals surface area contributed by atoms with Gasteiger partial charge >= 0.3 is 0 Å². The second kappa shape index (κ2) is 7.67. The molecule has 0 aliphatic rings. The Balaban J connectivity index is 1.42. The lowest BCUT2D eigenvalue weighted by molar-refractivity contribution is 0.306. The van der Waals surface area contributed by atoms with E-state index in [-0.39, 0.29) is 5.56 Å². The van der Waals surface area contributed by atoms with Crippen LogP contribution in [-0.2, 0) is 6.61 Å². The van der Waals surface area contributed by atoms with Crippen LogP contribution in [0.2, 0.25) is 0 Å². The van der Waals surface area contributed by atoms with Crippen molar-refractivity contribution in [3.8, 4) is 5.75 Å². The third-order valence-electron chi connectivity index (χ3n) is 5.56. The number of thiazole rings is 1. The third-order valence-corrected chi connectivity index (χ3v) is 6.53. The zero-order valence-corrected chi connectivity index (χ0v) is 18.5. The Bertz CT molecular complexity index is 1510. The van der Waals surface area contributed by atoms with Crippen molar-refractivity contribution in [2.45, 2.75) is 27.4 Å². The second-order valence-electron chi connectivity index (χ2n) is 7.91. The minimum Gasteiger partial charge on any atom is -0.489 e. The molecule has 4 nitrogen and oxygen atoms in total. The molecule has 5 aromatic rings. The molecule has 5 rings (SSSR count). The van der Waals surface area contributed by atoms with Crippen LogP contribution in [0.25, 0.3) is 22.1 Å². The van der Waals surface area contributed by atoms with Crippen LogP contribution in [-0.4, -0.2) is 9.38 Å². The molecular weight excluding hydrogens is 404 g/mol. The SMILES string of the molecule is Cc1ccc(COc2ccc(/C=c3\sc4nc5cc(C)c(C)cc5n4c3=O)cc2)cc1. The molecule has 0 aliphatic carbocycles. The van der Waals surface area contributed by atoms with E-state index in [1.165, 1.54) is 22.5 Å². The van der Waals surface area contributed by atoms with Gasteiger partial charge in [0, 0.05) is 0 Å². The molecule has 0 bridgehead atoms. The zero-order chi connectivity index (χ0) is 21.5. The largest absolute Gasteiger partial charge is 0.489 e. The average molecular weight is 427 g/mol. The van der Waals surface area contributed by atoms with Crippen LogP contribution in [0.1, 0.15) is 27.8 Å². The Morgan fingerprint density at radius 2 is 1.68 bits per heavy atom. The van der Waals surface area contributed by atoms with Crippen molar-refractivity contribution in [1.82, 2.24) is 9.38 Å². The maximum atomic E-state index is 13.0. The average Bonchev–Trinajstić information content (AvgIpc) is 3.25. The number of hydrogen-bond donors (Lipinski definition) is 0. The van der Waals surface area contributed by atoms with Crippen molar-refractivity contribution in [1.29, 1.82) is 0 Å². The van der Waals surface area contributed by atoms with Crippen LogP contribution < -0.4 is 14.8 Å². The van der Waals surface area contributed by atoms with Crippen LogP contribution in [0, 0.1) is 20.8 Å². The minimum absolute atomic E-state index is 0.0227. The Kier molecular flexibility index (Phi) is 4.83. The van der Waals surface area contributed by atoms with Crippen molar-refractivity contribution in [3.05, 3.63) is 103 Å². The summed E-state index contributed by atoms with van der Waals surface area (Å²) in [5, 5.41) is 0. The molecule has 0 unspecified atom stereocenters. The maximum absolute atomic E-state index is 13.0. The Morgan fingerprint density at radius 3 is 2.42 bits per heavy atom. The van der Waals surface area contributed by atoms with E-state index < -0.39 is 0 Å². The van der Waals surface area contributed by atoms with Gasteiger partial charge in [-0.05, 0) is 73.4 Å². The van der Waals surface area contributed by atoms with Crippen LogP contribution in [0.4, 0.5) is 0 Å². The number of fused-ring (bicyclic) bond motifs is 3. The Labute approximate surface area is 184 Å². The van der Waals surface area contributed by atoms with Crippen molar-refractivity contribution < 1.29 is 4.74 Å². The highest BCUT2D eigenvalue weighted by molar-refractivity contribution is 7.15. The molecule has 0 N–H and O–H groups in total. The summed E-state index contributed by atoms with van der Waals surface area (Å²) < 4.78 is 8.27. The lowest BCUT2D eigenvalue weighted by atomic mass is 10.1. The van der Waals surface area contributed by atoms with E-state index in [0.717, 1.165) is 38.4 Å². The zero-order valence-electron chi connectivity index (χ0n) is 17.7. The highest BCUT2D eigenvalue weighted by Gasteiger charge is 2.12. The summed E-state index contributed by atoms with van der Waals surface area (Å²) in [6.07, 6.45) is 1.91. The smallest absolute Gasteiger partial charge is 0.274 e. The normalized spacial score (nSPS) is 12.2. The first-order valence-electron chi connectivity index (χ1n) is 10.2. The van der Waals surface area contributed by atoms with Gasteiger partial charge in [-0.15, -0.1) is 0 Å². The predicted octanol–water partition coefficient (Wildman–Crippen LogP) is 4.96. The molecule has 0 spiro atoms. The van der Waals surface area contributed by atoms with E-state index in [2.05, 4.69) is 50.0 Å². The first kappa shape index (κ1) is 19.5. The van der Waals surface area contributed by atoms with Crippen LogP contribution >= 0.6 is 11.3 Å². The molecule has 31 heavy (non-hydrogen) atoms. The minimum atomic E-state index is -0.0227. The number of benzene rings is 3. The van der Waals surface area contributed by atoms with Gasteiger partial charge in [-0.3, -0.25) is 4.79 Å². The predicted molar refractivity (Wildman–Crippen MR) is 127 cm³/mol. The molecule has 2 heterocycles. The quantitative estimate of drug-likeness (QED) is 0.408. The number of nitrogens with zero attached hydrogens (tertiary/aromatic N) is 2. The Hall–Kier alpha value is -3.44. The maximum Gasteiger partial charge on any atom is 0.274 e. The highest BCUT2D eigenvalue weighted by atomic mass is 32.1. The summed E-state index contributed by atoms with van der Waals surface area (Å²) >= 11 is 1.42. The van der Waals surface area contributed by atoms with Crippen LogP contribution in [0.5, 0.6) is 5.75 Å². The Morgan fingerprint density at radius 1 is 0.968 bits per heavy atom. The molecule has 2 aromatic heterocycles. The fraction of sp³-hybridized carbons (Fsp3) is 0.154. The van der Waals surface area contributed by atoms with Gasteiger partial charge in [0.2, 0.25) is 0 Å². The molecule has 3 aromatic carbocycles. The highest BCUT2D eigenvalue weighted by Crippen LogP contribution is 2.21. The number of imidazole rings is 1. The van der Waals surface area contributed by atoms with E-state index in [1.54, 1.807) is 4.40 Å². The number of ether oxygens (including phenoxy) is 1. The van der Waals surface area contributed by atoms with E-state index in [9.17, 15) is 4.79 Å². The van der Waals surface area contributed by atoms with Crippen molar-refractivity contribution in [2.24, 2.45) is 0 Å². The van der Waals surface area contributed by atoms with Crippen LogP contribution in [0.15, 0.2) is 65.5 Å². The molecule has 0 saturated carbocycles. The second-order valence-corrected chi connectivity index (χ2v) is 8.92. The first-order valence-corrected chi connectivity index (χ1v) is 11.0. The van der Waals surface area contributed by atoms with Crippen LogP contribution in [0.3, 0.4) is 0 Å². The monoisotopic (exact) mass is 426 g/mol. The third kappa shape index (κ3) is 3.73. The van der Waals surface area contributed by atoms with Crippen molar-refractivity contribution >= 4 is 33.4 Å². The molecule has 0 saturated heterocycles. The molecule has 154 valence electrons. The summed E-state index contributed by atoms with van der Waals surface area (Å²) in [6.45, 7) is 6.72. The molecule has 0 radical (unpaired) electrons. The fourth-order valence-electron chi connectivity index (χ4n) is 3.58. The van der Waals surface area contributed by atoms with Gasteiger partial charge in [-0.25, -0.2) is 9.38 Å². The summed E-state index contributed by atoms with van der Waals surface area (Å²) in [5.74, 6) is 0.804. The van der Waals surface area contributed by atoms with Gasteiger partial charge in [0.25, 0.3) is 5.56 Å². The number of aryl methyl sites for hydroxylation is 3. The summed E-state index contributed by atoms with van der Waals surface area (Å²) in [6, 6.07) is 20.2. The molecule has 0 fully saturated rings. The topological polar surface area (TPSA) is 43.6 Å². The summed E-state index contributed by atoms with van der Waals surface area (Å²) in [4.78, 5) is 18.4. The van der Waals surface area contributed by atoms with Crippen molar-refractivity contribution in [3.63, 3.8) is 0 Å². The fourth-order valence-corrected chi connectivity index (χ4v) is 4.57. The molecule has 0 aliphatic heterocycles. The standard InChI is InChI=1S/C26H22N2O2S/c1-16-4-6-20(7-5-16)15-30-21-10-8-19(9-11-21)14-24-25(29)28-23-13-18(3)17(2)12-22(23)27-26(28)31-24/h4-14H,15H2,1-3H3/b24-14-. The van der Waals surface area contributed by atoms with Gasteiger partial charge < -0.3 is 4.74 Å². The van der Waals surface area contributed by atoms with Gasteiger partial charge in [-0.2, -0.15) is 0 Å². The van der Waals surface area contributed by atoms with Gasteiger partial charge in [0.15, 0.2) is 4.96 Å². The van der Waals surface area contributed by atoms with E-state index in [0.29, 0.717) is 11.1 Å². The molecule has 0 atom stereocenters. The number of rotatable bonds is 4. The molecular formula is C26H22N2O2S. The van der Waals surface area contributed by atoms with Gasteiger partial charge in [0.05, 0.1) is 15.6 Å². The molecule has 0 amide bonds. The van der Waals surface area contributed by atoms with E-state index in [1.807, 2.05) is 42.5 Å². The van der Waals surface area contributed by atoms with E-state index in [4.69, 9.17) is 4.74 Å². The van der Waals surface area contributed by atoms with Gasteiger partial charge in [-0.1, -0.05) is 53.3 Å².